The van der Waals surface area contributed by atoms with Crippen LogP contribution in [0.5, 0.6) is 11.5 Å². The molecule has 1 fully saturated rings. The van der Waals surface area contributed by atoms with Gasteiger partial charge in [-0.2, -0.15) is 0 Å². The Bertz CT molecular complexity index is 1430. The summed E-state index contributed by atoms with van der Waals surface area (Å²) in [5, 5.41) is 0.599. The minimum atomic E-state index is -0.631. The second kappa shape index (κ2) is 11.4. The molecule has 0 bridgehead atoms. The number of halogens is 4. The monoisotopic (exact) mass is 673 g/mol. The van der Waals surface area contributed by atoms with E-state index < -0.39 is 17.1 Å². The molecule has 1 saturated heterocycles. The molecule has 0 unspecified atom stereocenters. The maximum atomic E-state index is 13.0. The molecule has 2 amide bonds. The van der Waals surface area contributed by atoms with Crippen LogP contribution in [0.1, 0.15) is 21.5 Å². The van der Waals surface area contributed by atoms with E-state index in [2.05, 4.69) is 0 Å². The van der Waals surface area contributed by atoms with Crippen LogP contribution in [0.25, 0.3) is 6.08 Å². The number of carbonyl (C=O) groups excluding carboxylic acids is 3. The second-order valence-corrected chi connectivity index (χ2v) is 10.8. The van der Waals surface area contributed by atoms with Gasteiger partial charge in [0.15, 0.2) is 11.5 Å². The first-order valence-corrected chi connectivity index (χ1v) is 13.2. The number of ether oxygens (including phenoxy) is 2. The quantitative estimate of drug-likeness (QED) is 0.115. The molecule has 4 rings (SSSR count). The summed E-state index contributed by atoms with van der Waals surface area (Å²) in [7, 11) is 1.44. The zero-order chi connectivity index (χ0) is 26.0. The van der Waals surface area contributed by atoms with Crippen LogP contribution in [0, 0.1) is 3.57 Å². The Morgan fingerprint density at radius 3 is 2.47 bits per heavy atom. The van der Waals surface area contributed by atoms with Crippen LogP contribution in [0.4, 0.5) is 4.79 Å². The van der Waals surface area contributed by atoms with Crippen molar-refractivity contribution in [3.05, 3.63) is 94.8 Å². The largest absolute Gasteiger partial charge is 0.493 e. The first-order valence-electron chi connectivity index (χ1n) is 10.2. The number of benzene rings is 3. The predicted octanol–water partition coefficient (Wildman–Crippen LogP) is 7.72. The van der Waals surface area contributed by atoms with E-state index in [9.17, 15) is 14.4 Å². The topological polar surface area (TPSA) is 72.9 Å². The van der Waals surface area contributed by atoms with Crippen LogP contribution in [-0.2, 0) is 11.3 Å². The molecule has 0 atom stereocenters. The zero-order valence-corrected chi connectivity index (χ0v) is 23.6. The molecule has 0 saturated carbocycles. The Balaban J connectivity index is 1.57. The lowest BCUT2D eigenvalue weighted by Crippen LogP contribution is -2.27. The van der Waals surface area contributed by atoms with E-state index >= 15 is 0 Å². The maximum Gasteiger partial charge on any atom is 0.345 e. The SMILES string of the molecule is COc1cc(/C=C2\SC(=O)N(Cc3ccc(Cl)c(Cl)c3)C2=O)cc(I)c1OC(=O)c1ccccc1Cl. The van der Waals surface area contributed by atoms with Gasteiger partial charge in [0.05, 0.1) is 42.8 Å². The van der Waals surface area contributed by atoms with E-state index in [0.717, 1.165) is 16.7 Å². The molecule has 0 spiro atoms. The number of methoxy groups -OCH3 is 1. The predicted molar refractivity (Wildman–Crippen MR) is 150 cm³/mol. The second-order valence-electron chi connectivity index (χ2n) is 7.42. The van der Waals surface area contributed by atoms with Crippen molar-refractivity contribution in [3.63, 3.8) is 0 Å². The highest BCUT2D eigenvalue weighted by Gasteiger charge is 2.35. The van der Waals surface area contributed by atoms with E-state index in [1.54, 1.807) is 60.7 Å². The first kappa shape index (κ1) is 26.8. The fraction of sp³-hybridized carbons (Fsp3) is 0.0800. The minimum absolute atomic E-state index is 0.0662. The molecule has 0 N–H and O–H groups in total. The molecule has 0 radical (unpaired) electrons. The van der Waals surface area contributed by atoms with Gasteiger partial charge in [-0.1, -0.05) is 53.0 Å². The molecule has 1 aliphatic heterocycles. The summed E-state index contributed by atoms with van der Waals surface area (Å²) in [5.74, 6) is -0.566. The van der Waals surface area contributed by atoms with Gasteiger partial charge in [-0.05, 0) is 88.0 Å². The fourth-order valence-electron chi connectivity index (χ4n) is 3.30. The number of amides is 2. The molecule has 184 valence electrons. The van der Waals surface area contributed by atoms with Gasteiger partial charge in [0, 0.05) is 0 Å². The van der Waals surface area contributed by atoms with Gasteiger partial charge >= 0.3 is 5.97 Å². The van der Waals surface area contributed by atoms with Gasteiger partial charge in [0.1, 0.15) is 0 Å². The van der Waals surface area contributed by atoms with Crippen molar-refractivity contribution in [1.29, 1.82) is 0 Å². The van der Waals surface area contributed by atoms with Crippen molar-refractivity contribution in [1.82, 2.24) is 4.90 Å². The summed E-state index contributed by atoms with van der Waals surface area (Å²) in [4.78, 5) is 39.5. The summed E-state index contributed by atoms with van der Waals surface area (Å²) in [5.41, 5.74) is 1.49. The number of hydrogen-bond donors (Lipinski definition) is 0. The number of rotatable bonds is 6. The van der Waals surface area contributed by atoms with Crippen molar-refractivity contribution in [3.8, 4) is 11.5 Å². The average Bonchev–Trinajstić information content (AvgIpc) is 3.10. The van der Waals surface area contributed by atoms with Crippen LogP contribution in [-0.4, -0.2) is 29.1 Å². The van der Waals surface area contributed by atoms with E-state index in [-0.39, 0.29) is 33.5 Å². The third-order valence-corrected chi connectivity index (χ3v) is 7.81. The molecule has 36 heavy (non-hydrogen) atoms. The summed E-state index contributed by atoms with van der Waals surface area (Å²) in [6, 6.07) is 14.8. The van der Waals surface area contributed by atoms with Crippen LogP contribution in [0.15, 0.2) is 59.5 Å². The van der Waals surface area contributed by atoms with E-state index in [1.165, 1.54) is 7.11 Å². The van der Waals surface area contributed by atoms with Crippen LogP contribution < -0.4 is 9.47 Å². The third kappa shape index (κ3) is 5.84. The number of nitrogens with zero attached hydrogens (tertiary/aromatic N) is 1. The van der Waals surface area contributed by atoms with Crippen molar-refractivity contribution in [2.24, 2.45) is 0 Å². The van der Waals surface area contributed by atoms with Crippen LogP contribution >= 0.6 is 69.2 Å². The summed E-state index contributed by atoms with van der Waals surface area (Å²) in [6.07, 6.45) is 1.59. The average molecular weight is 675 g/mol. The Morgan fingerprint density at radius 1 is 1.03 bits per heavy atom. The van der Waals surface area contributed by atoms with Crippen molar-refractivity contribution < 1.29 is 23.9 Å². The number of imide groups is 1. The molecule has 3 aromatic carbocycles. The molecule has 6 nitrogen and oxygen atoms in total. The summed E-state index contributed by atoms with van der Waals surface area (Å²) >= 11 is 20.9. The zero-order valence-electron chi connectivity index (χ0n) is 18.4. The summed E-state index contributed by atoms with van der Waals surface area (Å²) in [6.45, 7) is 0.0662. The van der Waals surface area contributed by atoms with E-state index in [4.69, 9.17) is 44.3 Å². The van der Waals surface area contributed by atoms with Gasteiger partial charge in [0.25, 0.3) is 11.1 Å². The lowest BCUT2D eigenvalue weighted by molar-refractivity contribution is -0.123. The highest BCUT2D eigenvalue weighted by atomic mass is 127. The Hall–Kier alpha value is -2.24. The molecular formula is C25H15Cl3INO5S. The summed E-state index contributed by atoms with van der Waals surface area (Å²) < 4.78 is 11.6. The lowest BCUT2D eigenvalue weighted by atomic mass is 10.1. The molecule has 0 aliphatic carbocycles. The third-order valence-electron chi connectivity index (χ3n) is 5.04. The molecule has 3 aromatic rings. The first-order chi connectivity index (χ1) is 17.2. The Morgan fingerprint density at radius 2 is 1.78 bits per heavy atom. The minimum Gasteiger partial charge on any atom is -0.493 e. The Kier molecular flexibility index (Phi) is 8.52. The molecule has 1 aliphatic rings. The van der Waals surface area contributed by atoms with E-state index in [0.29, 0.717) is 24.7 Å². The molecular weight excluding hydrogens is 660 g/mol. The maximum absolute atomic E-state index is 13.0. The Labute approximate surface area is 239 Å². The number of carbonyl (C=O) groups is 3. The number of esters is 1. The lowest BCUT2D eigenvalue weighted by Gasteiger charge is -2.13. The van der Waals surface area contributed by atoms with Gasteiger partial charge in [-0.15, -0.1) is 0 Å². The van der Waals surface area contributed by atoms with Crippen LogP contribution in [0.2, 0.25) is 15.1 Å². The highest BCUT2D eigenvalue weighted by molar-refractivity contribution is 14.1. The van der Waals surface area contributed by atoms with Crippen LogP contribution in [0.3, 0.4) is 0 Å². The number of thioether (sulfide) groups is 1. The van der Waals surface area contributed by atoms with Gasteiger partial charge in [0.2, 0.25) is 0 Å². The molecule has 0 aromatic heterocycles. The van der Waals surface area contributed by atoms with Gasteiger partial charge in [-0.3, -0.25) is 14.5 Å². The van der Waals surface area contributed by atoms with Gasteiger partial charge in [-0.25, -0.2) is 4.79 Å². The van der Waals surface area contributed by atoms with E-state index in [1.807, 2.05) is 22.6 Å². The standard InChI is InChI=1S/C25H15Cl3INO5S/c1-34-20-10-14(9-19(29)22(20)35-24(32)15-4-2-3-5-16(15)26)11-21-23(31)30(25(33)36-21)12-13-6-7-17(27)18(28)8-13/h2-11H,12H2,1H3/b21-11-. The van der Waals surface area contributed by atoms with Crippen molar-refractivity contribution in [2.45, 2.75) is 6.54 Å². The fourth-order valence-corrected chi connectivity index (χ4v) is 5.41. The highest BCUT2D eigenvalue weighted by Crippen LogP contribution is 2.38. The molecule has 11 heteroatoms. The normalized spacial score (nSPS) is 14.5. The molecule has 1 heterocycles. The van der Waals surface area contributed by atoms with Crippen molar-refractivity contribution >= 4 is 92.3 Å². The number of hydrogen-bond acceptors (Lipinski definition) is 6. The van der Waals surface area contributed by atoms with Crippen molar-refractivity contribution in [2.75, 3.05) is 7.11 Å². The van der Waals surface area contributed by atoms with Gasteiger partial charge < -0.3 is 9.47 Å². The smallest absolute Gasteiger partial charge is 0.345 e.